The number of hydrogen-bond donors (Lipinski definition) is 2. The molecule has 2 aromatic rings. The fraction of sp³-hybridized carbons (Fsp3) is 0.273. The number of thioether (sulfide) groups is 1. The summed E-state index contributed by atoms with van der Waals surface area (Å²) in [6, 6.07) is 13.7. The number of hydrogen-bond acceptors (Lipinski definition) is 6. The molecule has 1 atom stereocenters. The van der Waals surface area contributed by atoms with Crippen molar-refractivity contribution in [3.8, 4) is 5.75 Å². The molecule has 158 valence electrons. The molecule has 0 spiro atoms. The van der Waals surface area contributed by atoms with E-state index < -0.39 is 5.97 Å². The van der Waals surface area contributed by atoms with Gasteiger partial charge in [-0.1, -0.05) is 36.9 Å². The Morgan fingerprint density at radius 3 is 2.67 bits per heavy atom. The molecule has 3 rings (SSSR count). The highest BCUT2D eigenvalue weighted by molar-refractivity contribution is 14.1. The average Bonchev–Trinajstić information content (AvgIpc) is 3.07. The minimum absolute atomic E-state index is 0.111. The summed E-state index contributed by atoms with van der Waals surface area (Å²) in [7, 11) is 0. The molecular formula is C22H23IN2O4S. The van der Waals surface area contributed by atoms with Crippen molar-refractivity contribution >= 4 is 58.0 Å². The quantitative estimate of drug-likeness (QED) is 0.295. The Hall–Kier alpha value is -2.20. The van der Waals surface area contributed by atoms with E-state index in [0.29, 0.717) is 17.3 Å². The SMILES string of the molecule is CCOC(=O)COc1ccc(/C=C2\S[C@H](Nc3ccc(CC)cc3)NC2=O)cc1I. The van der Waals surface area contributed by atoms with Gasteiger partial charge in [0.2, 0.25) is 0 Å². The fourth-order valence-electron chi connectivity index (χ4n) is 2.77. The van der Waals surface area contributed by atoms with Gasteiger partial charge in [0.25, 0.3) is 5.91 Å². The molecular weight excluding hydrogens is 515 g/mol. The molecule has 0 saturated carbocycles. The van der Waals surface area contributed by atoms with Gasteiger partial charge in [-0.3, -0.25) is 4.79 Å². The van der Waals surface area contributed by atoms with Crippen molar-refractivity contribution in [2.24, 2.45) is 0 Å². The highest BCUT2D eigenvalue weighted by Crippen LogP contribution is 2.31. The Labute approximate surface area is 193 Å². The minimum Gasteiger partial charge on any atom is -0.481 e. The molecule has 0 bridgehead atoms. The van der Waals surface area contributed by atoms with Gasteiger partial charge < -0.3 is 20.1 Å². The Morgan fingerprint density at radius 2 is 2.00 bits per heavy atom. The highest BCUT2D eigenvalue weighted by atomic mass is 127. The number of ether oxygens (including phenoxy) is 2. The van der Waals surface area contributed by atoms with E-state index >= 15 is 0 Å². The van der Waals surface area contributed by atoms with E-state index in [1.165, 1.54) is 17.3 Å². The van der Waals surface area contributed by atoms with Gasteiger partial charge in [0, 0.05) is 5.69 Å². The van der Waals surface area contributed by atoms with Crippen molar-refractivity contribution in [2.75, 3.05) is 18.5 Å². The molecule has 1 aliphatic rings. The maximum atomic E-state index is 12.4. The zero-order valence-corrected chi connectivity index (χ0v) is 19.7. The number of amides is 1. The maximum Gasteiger partial charge on any atom is 0.344 e. The minimum atomic E-state index is -0.401. The van der Waals surface area contributed by atoms with Crippen LogP contribution in [0.4, 0.5) is 5.69 Å². The van der Waals surface area contributed by atoms with Gasteiger partial charge in [-0.2, -0.15) is 0 Å². The van der Waals surface area contributed by atoms with Gasteiger partial charge in [-0.05, 0) is 77.4 Å². The Bertz CT molecular complexity index is 947. The number of nitrogens with one attached hydrogen (secondary N) is 2. The fourth-order valence-corrected chi connectivity index (χ4v) is 4.45. The summed E-state index contributed by atoms with van der Waals surface area (Å²) in [5.74, 6) is 0.0890. The Morgan fingerprint density at radius 1 is 1.23 bits per heavy atom. The molecule has 0 aliphatic carbocycles. The predicted octanol–water partition coefficient (Wildman–Crippen LogP) is 4.40. The van der Waals surface area contributed by atoms with Gasteiger partial charge in [-0.25, -0.2) is 4.79 Å². The number of carbonyl (C=O) groups excluding carboxylic acids is 2. The molecule has 0 aromatic heterocycles. The summed E-state index contributed by atoms with van der Waals surface area (Å²) in [6.45, 7) is 4.07. The van der Waals surface area contributed by atoms with E-state index in [4.69, 9.17) is 9.47 Å². The summed E-state index contributed by atoms with van der Waals surface area (Å²) in [4.78, 5) is 24.4. The van der Waals surface area contributed by atoms with E-state index in [2.05, 4.69) is 52.3 Å². The first-order valence-electron chi connectivity index (χ1n) is 9.61. The molecule has 0 radical (unpaired) electrons. The van der Waals surface area contributed by atoms with Crippen LogP contribution in [0, 0.1) is 3.57 Å². The maximum absolute atomic E-state index is 12.4. The average molecular weight is 538 g/mol. The number of benzene rings is 2. The second-order valence-corrected chi connectivity index (χ2v) is 8.77. The van der Waals surface area contributed by atoms with Crippen LogP contribution in [-0.2, 0) is 20.7 Å². The van der Waals surface area contributed by atoms with E-state index in [1.54, 1.807) is 13.0 Å². The van der Waals surface area contributed by atoms with Crippen molar-refractivity contribution < 1.29 is 19.1 Å². The molecule has 30 heavy (non-hydrogen) atoms. The molecule has 1 saturated heterocycles. The van der Waals surface area contributed by atoms with Crippen LogP contribution in [0.5, 0.6) is 5.75 Å². The van der Waals surface area contributed by atoms with E-state index in [-0.39, 0.29) is 18.0 Å². The molecule has 0 unspecified atom stereocenters. The smallest absolute Gasteiger partial charge is 0.344 e. The molecule has 2 N–H and O–H groups in total. The number of anilines is 1. The third-order valence-electron chi connectivity index (χ3n) is 4.30. The largest absolute Gasteiger partial charge is 0.481 e. The lowest BCUT2D eigenvalue weighted by atomic mass is 10.1. The molecule has 8 heteroatoms. The summed E-state index contributed by atoms with van der Waals surface area (Å²) in [5.41, 5.74) is 2.90. The van der Waals surface area contributed by atoms with Crippen LogP contribution in [-0.4, -0.2) is 30.6 Å². The second kappa shape index (κ2) is 10.7. The summed E-state index contributed by atoms with van der Waals surface area (Å²) in [5, 5.41) is 6.26. The van der Waals surface area contributed by atoms with Crippen LogP contribution >= 0.6 is 34.4 Å². The first kappa shape index (κ1) is 22.5. The summed E-state index contributed by atoms with van der Waals surface area (Å²) >= 11 is 3.59. The van der Waals surface area contributed by atoms with E-state index in [0.717, 1.165) is 21.2 Å². The van der Waals surface area contributed by atoms with Crippen molar-refractivity contribution in [3.63, 3.8) is 0 Å². The molecule has 1 aliphatic heterocycles. The Balaban J connectivity index is 1.62. The van der Waals surface area contributed by atoms with Crippen molar-refractivity contribution in [1.29, 1.82) is 0 Å². The van der Waals surface area contributed by atoms with Crippen LogP contribution in [0.2, 0.25) is 0 Å². The highest BCUT2D eigenvalue weighted by Gasteiger charge is 2.27. The Kier molecular flexibility index (Phi) is 8.03. The number of esters is 1. The lowest BCUT2D eigenvalue weighted by Gasteiger charge is -2.12. The first-order valence-corrected chi connectivity index (χ1v) is 11.6. The number of aryl methyl sites for hydroxylation is 1. The lowest BCUT2D eigenvalue weighted by Crippen LogP contribution is -2.30. The number of rotatable bonds is 8. The third-order valence-corrected chi connectivity index (χ3v) is 6.17. The standard InChI is InChI=1S/C22H23IN2O4S/c1-3-14-5-8-16(9-6-14)24-22-25-21(27)19(30-22)12-15-7-10-18(17(23)11-15)29-13-20(26)28-4-2/h5-12,22,24H,3-4,13H2,1-2H3,(H,25,27)/b19-12-/t22-/m1/s1. The van der Waals surface area contributed by atoms with Crippen LogP contribution in [0.15, 0.2) is 47.4 Å². The van der Waals surface area contributed by atoms with Gasteiger partial charge in [0.1, 0.15) is 5.75 Å². The predicted molar refractivity (Wildman–Crippen MR) is 128 cm³/mol. The van der Waals surface area contributed by atoms with Gasteiger partial charge >= 0.3 is 5.97 Å². The zero-order chi connectivity index (χ0) is 21.5. The van der Waals surface area contributed by atoms with E-state index in [9.17, 15) is 9.59 Å². The van der Waals surface area contributed by atoms with Crippen molar-refractivity contribution in [3.05, 3.63) is 62.1 Å². The van der Waals surface area contributed by atoms with E-state index in [1.807, 2.05) is 30.3 Å². The van der Waals surface area contributed by atoms with Gasteiger partial charge in [0.05, 0.1) is 15.1 Å². The molecule has 1 amide bonds. The summed E-state index contributed by atoms with van der Waals surface area (Å²) < 4.78 is 11.2. The molecule has 1 fully saturated rings. The van der Waals surface area contributed by atoms with Crippen LogP contribution < -0.4 is 15.4 Å². The summed E-state index contributed by atoms with van der Waals surface area (Å²) in [6.07, 6.45) is 2.84. The lowest BCUT2D eigenvalue weighted by molar-refractivity contribution is -0.145. The monoisotopic (exact) mass is 538 g/mol. The van der Waals surface area contributed by atoms with Crippen LogP contribution in [0.1, 0.15) is 25.0 Å². The molecule has 6 nitrogen and oxygen atoms in total. The third kappa shape index (κ3) is 6.15. The second-order valence-electron chi connectivity index (χ2n) is 6.46. The van der Waals surface area contributed by atoms with Crippen molar-refractivity contribution in [2.45, 2.75) is 25.8 Å². The first-order chi connectivity index (χ1) is 14.5. The molecule has 1 heterocycles. The van der Waals surface area contributed by atoms with Crippen molar-refractivity contribution in [1.82, 2.24) is 5.32 Å². The van der Waals surface area contributed by atoms with Crippen LogP contribution in [0.25, 0.3) is 6.08 Å². The normalized spacial score (nSPS) is 17.0. The van der Waals surface area contributed by atoms with Gasteiger partial charge in [-0.15, -0.1) is 0 Å². The van der Waals surface area contributed by atoms with Crippen LogP contribution in [0.3, 0.4) is 0 Å². The van der Waals surface area contributed by atoms with Gasteiger partial charge in [0.15, 0.2) is 12.1 Å². The topological polar surface area (TPSA) is 76.7 Å². The number of carbonyl (C=O) groups is 2. The zero-order valence-electron chi connectivity index (χ0n) is 16.7. The number of halogens is 1. The molecule has 2 aromatic carbocycles.